The number of unbranched alkanes of at least 4 members (excludes halogenated alkanes) is 4. The molecule has 0 aliphatic rings. The minimum absolute atomic E-state index is 0.497. The van der Waals surface area contributed by atoms with E-state index < -0.39 is 19.5 Å². The van der Waals surface area contributed by atoms with Gasteiger partial charge in [-0.2, -0.15) is 0 Å². The van der Waals surface area contributed by atoms with E-state index in [1.165, 1.54) is 19.3 Å². The summed E-state index contributed by atoms with van der Waals surface area (Å²) in [5.74, 6) is 0. The maximum atomic E-state index is 11.6. The van der Waals surface area contributed by atoms with Gasteiger partial charge in [-0.1, -0.05) is 81.2 Å². The van der Waals surface area contributed by atoms with Gasteiger partial charge in [-0.25, -0.2) is 4.57 Å². The fourth-order valence-corrected chi connectivity index (χ4v) is 4.51. The number of rotatable bonds is 11. The van der Waals surface area contributed by atoms with Crippen LogP contribution in [0.25, 0.3) is 10.8 Å². The Labute approximate surface area is 179 Å². The van der Waals surface area contributed by atoms with Crippen LogP contribution < -0.4 is 5.32 Å². The Kier molecular flexibility index (Phi) is 8.80. The molecule has 0 fully saturated rings. The molecule has 0 aromatic heterocycles. The normalized spacial score (nSPS) is 13.4. The average Bonchev–Trinajstić information content (AvgIpc) is 2.63. The van der Waals surface area contributed by atoms with Crippen molar-refractivity contribution in [3.63, 3.8) is 0 Å². The molecule has 29 heavy (non-hydrogen) atoms. The van der Waals surface area contributed by atoms with Crippen molar-refractivity contribution in [2.45, 2.75) is 70.9 Å². The van der Waals surface area contributed by atoms with Crippen molar-refractivity contribution in [2.75, 3.05) is 0 Å². The van der Waals surface area contributed by atoms with Crippen molar-refractivity contribution in [1.29, 1.82) is 0 Å². The largest absolute Gasteiger partial charge is 0.470 e. The number of hydrogen-bond donors (Lipinski definition) is 3. The van der Waals surface area contributed by atoms with Crippen molar-refractivity contribution < 1.29 is 18.9 Å². The molecule has 0 aliphatic carbocycles. The molecular weight excluding hydrogens is 405 g/mol. The van der Waals surface area contributed by atoms with Gasteiger partial charge in [0.15, 0.2) is 0 Å². The van der Waals surface area contributed by atoms with Gasteiger partial charge in [0.05, 0.1) is 16.6 Å². The monoisotopic (exact) mass is 437 g/mol. The summed E-state index contributed by atoms with van der Waals surface area (Å²) in [5, 5.41) is 5.46. The maximum absolute atomic E-state index is 11.6. The highest BCUT2D eigenvalue weighted by atomic mass is 32.1. The topological polar surface area (TPSA) is 78.8 Å². The van der Waals surface area contributed by atoms with Crippen molar-refractivity contribution >= 4 is 35.8 Å². The highest BCUT2D eigenvalue weighted by molar-refractivity contribution is 7.80. The van der Waals surface area contributed by atoms with E-state index in [9.17, 15) is 14.4 Å². The number of fused-ring (bicyclic) bond motifs is 1. The van der Waals surface area contributed by atoms with Crippen LogP contribution in [-0.4, -0.2) is 20.4 Å². The zero-order chi connectivity index (χ0) is 21.5. The van der Waals surface area contributed by atoms with Gasteiger partial charge in [-0.3, -0.25) is 4.52 Å². The Morgan fingerprint density at radius 3 is 2.41 bits per heavy atom. The minimum Gasteiger partial charge on any atom is -0.370 e. The Hall–Kier alpha value is -1.30. The third-order valence-corrected chi connectivity index (χ3v) is 6.00. The van der Waals surface area contributed by atoms with E-state index in [4.69, 9.17) is 16.7 Å². The Bertz CT molecular complexity index is 865. The lowest BCUT2D eigenvalue weighted by molar-refractivity contribution is 0.0367. The molecule has 2 aromatic carbocycles. The predicted molar refractivity (Wildman–Crippen MR) is 123 cm³/mol. The Morgan fingerprint density at radius 2 is 1.76 bits per heavy atom. The van der Waals surface area contributed by atoms with Gasteiger partial charge in [0.25, 0.3) is 0 Å². The van der Waals surface area contributed by atoms with E-state index in [1.54, 1.807) is 13.8 Å². The SMILES string of the molecule is CCCCCCCC(=S)NC(c1ccc2ccccc2c1)C(C)(C)OP(=O)(O)O. The quantitative estimate of drug-likeness (QED) is 0.226. The van der Waals surface area contributed by atoms with E-state index in [1.807, 2.05) is 42.5 Å². The van der Waals surface area contributed by atoms with Crippen LogP contribution in [0, 0.1) is 0 Å². The third-order valence-electron chi connectivity index (χ3n) is 4.97. The van der Waals surface area contributed by atoms with Gasteiger partial charge in [0, 0.05) is 0 Å². The van der Waals surface area contributed by atoms with Crippen LogP contribution >= 0.6 is 20.0 Å². The summed E-state index contributed by atoms with van der Waals surface area (Å²) in [4.78, 5) is 19.5. The van der Waals surface area contributed by atoms with E-state index >= 15 is 0 Å². The molecule has 0 saturated heterocycles. The molecule has 0 saturated carbocycles. The summed E-state index contributed by atoms with van der Waals surface area (Å²) in [7, 11) is -4.67. The minimum atomic E-state index is -4.67. The molecule has 2 rings (SSSR count). The molecule has 0 heterocycles. The highest BCUT2D eigenvalue weighted by Crippen LogP contribution is 2.45. The van der Waals surface area contributed by atoms with Crippen molar-refractivity contribution in [1.82, 2.24) is 5.32 Å². The first-order chi connectivity index (χ1) is 13.6. The smallest absolute Gasteiger partial charge is 0.370 e. The second kappa shape index (κ2) is 10.6. The molecule has 160 valence electrons. The fraction of sp³-hybridized carbons (Fsp3) is 0.500. The molecule has 3 N–H and O–H groups in total. The van der Waals surface area contributed by atoms with Crippen LogP contribution in [0.2, 0.25) is 0 Å². The number of nitrogens with one attached hydrogen (secondary N) is 1. The fourth-order valence-electron chi connectivity index (χ4n) is 3.53. The van der Waals surface area contributed by atoms with Crippen LogP contribution in [0.15, 0.2) is 42.5 Å². The molecule has 2 aromatic rings. The number of benzene rings is 2. The zero-order valence-corrected chi connectivity index (χ0v) is 19.1. The van der Waals surface area contributed by atoms with E-state index in [0.717, 1.165) is 35.6 Å². The molecule has 0 amide bonds. The Morgan fingerprint density at radius 1 is 1.10 bits per heavy atom. The van der Waals surface area contributed by atoms with E-state index in [-0.39, 0.29) is 0 Å². The first-order valence-corrected chi connectivity index (χ1v) is 12.1. The molecule has 7 heteroatoms. The van der Waals surface area contributed by atoms with Crippen LogP contribution in [0.1, 0.15) is 70.9 Å². The number of thiocarbonyl (C=S) groups is 1. The molecule has 0 aliphatic heterocycles. The molecule has 1 atom stereocenters. The predicted octanol–water partition coefficient (Wildman–Crippen LogP) is 6.05. The van der Waals surface area contributed by atoms with Crippen LogP contribution in [0.3, 0.4) is 0 Å². The summed E-state index contributed by atoms with van der Waals surface area (Å²) in [6, 6.07) is 13.5. The average molecular weight is 438 g/mol. The Balaban J connectivity index is 2.23. The van der Waals surface area contributed by atoms with Gasteiger partial charge in [0.2, 0.25) is 0 Å². The lowest BCUT2D eigenvalue weighted by Gasteiger charge is -2.36. The summed E-state index contributed by atoms with van der Waals surface area (Å²) in [6.45, 7) is 5.52. The molecule has 0 spiro atoms. The number of hydrogen-bond acceptors (Lipinski definition) is 3. The number of phosphoric acid groups is 1. The number of phosphoric ester groups is 1. The van der Waals surface area contributed by atoms with Gasteiger partial charge in [-0.15, -0.1) is 0 Å². The lowest BCUT2D eigenvalue weighted by atomic mass is 9.90. The van der Waals surface area contributed by atoms with E-state index in [2.05, 4.69) is 12.2 Å². The molecular formula is C22H32NO4PS. The first kappa shape index (κ1) is 24.0. The zero-order valence-electron chi connectivity index (χ0n) is 17.4. The summed E-state index contributed by atoms with van der Waals surface area (Å²) >= 11 is 5.55. The van der Waals surface area contributed by atoms with Gasteiger partial charge >= 0.3 is 7.82 Å². The van der Waals surface area contributed by atoms with Crippen LogP contribution in [-0.2, 0) is 9.09 Å². The molecule has 0 bridgehead atoms. The first-order valence-electron chi connectivity index (χ1n) is 10.2. The molecule has 1 unspecified atom stereocenters. The molecule has 5 nitrogen and oxygen atoms in total. The second-order valence-corrected chi connectivity index (χ2v) is 9.61. The van der Waals surface area contributed by atoms with Crippen LogP contribution in [0.5, 0.6) is 0 Å². The molecule has 0 radical (unpaired) electrons. The summed E-state index contributed by atoms with van der Waals surface area (Å²) in [5.41, 5.74) is -0.302. The van der Waals surface area contributed by atoms with Crippen molar-refractivity contribution in [3.05, 3.63) is 48.0 Å². The van der Waals surface area contributed by atoms with Crippen LogP contribution in [0.4, 0.5) is 0 Å². The van der Waals surface area contributed by atoms with E-state index in [0.29, 0.717) is 4.99 Å². The van der Waals surface area contributed by atoms with Gasteiger partial charge in [0.1, 0.15) is 0 Å². The standard InChI is InChI=1S/C22H32NO4PS/c1-4-5-6-7-8-13-20(29)23-21(22(2,3)27-28(24,25)26)19-15-14-17-11-9-10-12-18(17)16-19/h9-12,14-16,21H,4-8,13H2,1-3H3,(H,23,29)(H2,24,25,26). The summed E-state index contributed by atoms with van der Waals surface area (Å²) in [6.07, 6.45) is 6.48. The highest BCUT2D eigenvalue weighted by Gasteiger charge is 2.38. The van der Waals surface area contributed by atoms with Crippen molar-refractivity contribution in [3.8, 4) is 0 Å². The van der Waals surface area contributed by atoms with Crippen molar-refractivity contribution in [2.24, 2.45) is 0 Å². The second-order valence-electron chi connectivity index (χ2n) is 7.96. The van der Waals surface area contributed by atoms with Gasteiger partial charge < -0.3 is 15.1 Å². The lowest BCUT2D eigenvalue weighted by Crippen LogP contribution is -2.43. The summed E-state index contributed by atoms with van der Waals surface area (Å²) < 4.78 is 16.7. The third kappa shape index (κ3) is 7.80. The maximum Gasteiger partial charge on any atom is 0.470 e. The van der Waals surface area contributed by atoms with Gasteiger partial charge in [-0.05, 0) is 49.1 Å².